The highest BCUT2D eigenvalue weighted by Gasteiger charge is 2.11. The van der Waals surface area contributed by atoms with Crippen molar-refractivity contribution in [3.05, 3.63) is 17.3 Å². The first-order chi connectivity index (χ1) is 7.08. The number of hydrogen-bond donors (Lipinski definition) is 0. The minimum Gasteiger partial charge on any atom is -0.475 e. The van der Waals surface area contributed by atoms with Crippen molar-refractivity contribution in [3.8, 4) is 5.88 Å². The molecule has 4 heteroatoms. The largest absolute Gasteiger partial charge is 0.475 e. The summed E-state index contributed by atoms with van der Waals surface area (Å²) in [5.41, 5.74) is 2.49. The molecular formula is C11H14N2O2. The second-order valence-corrected chi connectivity index (χ2v) is 3.89. The highest BCUT2D eigenvalue weighted by atomic mass is 16.5. The number of hydrogen-bond acceptors (Lipinski definition) is 4. The molecule has 0 atom stereocenters. The molecule has 0 unspecified atom stereocenters. The SMILES string of the molecule is Cc1cc(OC(C)C)nc2onc(C)c12. The monoisotopic (exact) mass is 206 g/mol. The van der Waals surface area contributed by atoms with E-state index in [4.69, 9.17) is 9.26 Å². The lowest BCUT2D eigenvalue weighted by Crippen LogP contribution is -2.06. The van der Waals surface area contributed by atoms with E-state index in [1.54, 1.807) is 0 Å². The van der Waals surface area contributed by atoms with Crippen LogP contribution >= 0.6 is 0 Å². The van der Waals surface area contributed by atoms with E-state index in [0.717, 1.165) is 16.6 Å². The maximum absolute atomic E-state index is 5.51. The van der Waals surface area contributed by atoms with Crippen LogP contribution in [0.25, 0.3) is 11.1 Å². The highest BCUT2D eigenvalue weighted by Crippen LogP contribution is 2.24. The van der Waals surface area contributed by atoms with Gasteiger partial charge in [-0.2, -0.15) is 4.98 Å². The molecule has 0 amide bonds. The summed E-state index contributed by atoms with van der Waals surface area (Å²) in [6, 6.07) is 1.91. The molecule has 4 nitrogen and oxygen atoms in total. The van der Waals surface area contributed by atoms with E-state index in [9.17, 15) is 0 Å². The van der Waals surface area contributed by atoms with Gasteiger partial charge in [0.25, 0.3) is 5.71 Å². The second-order valence-electron chi connectivity index (χ2n) is 3.89. The molecular weight excluding hydrogens is 192 g/mol. The Morgan fingerprint density at radius 3 is 2.73 bits per heavy atom. The Morgan fingerprint density at radius 1 is 1.33 bits per heavy atom. The van der Waals surface area contributed by atoms with Crippen LogP contribution < -0.4 is 4.74 Å². The van der Waals surface area contributed by atoms with Crippen molar-refractivity contribution in [3.63, 3.8) is 0 Å². The molecule has 0 saturated carbocycles. The van der Waals surface area contributed by atoms with Gasteiger partial charge in [-0.3, -0.25) is 0 Å². The number of aromatic nitrogens is 2. The molecule has 0 N–H and O–H groups in total. The lowest BCUT2D eigenvalue weighted by Gasteiger charge is -2.08. The molecule has 0 saturated heterocycles. The van der Waals surface area contributed by atoms with Gasteiger partial charge in [-0.05, 0) is 33.3 Å². The van der Waals surface area contributed by atoms with E-state index >= 15 is 0 Å². The fraction of sp³-hybridized carbons (Fsp3) is 0.455. The molecule has 15 heavy (non-hydrogen) atoms. The summed E-state index contributed by atoms with van der Waals surface area (Å²) in [5, 5.41) is 4.86. The summed E-state index contributed by atoms with van der Waals surface area (Å²) in [6.45, 7) is 7.84. The van der Waals surface area contributed by atoms with Crippen LogP contribution in [0, 0.1) is 13.8 Å². The van der Waals surface area contributed by atoms with Crippen molar-refractivity contribution in [1.29, 1.82) is 0 Å². The predicted molar refractivity (Wildman–Crippen MR) is 57.0 cm³/mol. The molecule has 0 radical (unpaired) electrons. The van der Waals surface area contributed by atoms with Crippen LogP contribution in [0.4, 0.5) is 0 Å². The molecule has 0 fully saturated rings. The third-order valence-corrected chi connectivity index (χ3v) is 2.15. The molecule has 0 aliphatic heterocycles. The number of ether oxygens (including phenoxy) is 1. The Labute approximate surface area is 88.2 Å². The predicted octanol–water partition coefficient (Wildman–Crippen LogP) is 2.63. The Morgan fingerprint density at radius 2 is 2.07 bits per heavy atom. The first-order valence-corrected chi connectivity index (χ1v) is 4.98. The zero-order valence-corrected chi connectivity index (χ0v) is 9.37. The summed E-state index contributed by atoms with van der Waals surface area (Å²) < 4.78 is 10.6. The van der Waals surface area contributed by atoms with Crippen molar-refractivity contribution < 1.29 is 9.26 Å². The van der Waals surface area contributed by atoms with E-state index in [2.05, 4.69) is 10.1 Å². The fourth-order valence-electron chi connectivity index (χ4n) is 1.58. The molecule has 2 aromatic rings. The Bertz CT molecular complexity index is 489. The van der Waals surface area contributed by atoms with Crippen molar-refractivity contribution in [1.82, 2.24) is 10.1 Å². The summed E-state index contributed by atoms with van der Waals surface area (Å²) >= 11 is 0. The van der Waals surface area contributed by atoms with Crippen molar-refractivity contribution in [2.75, 3.05) is 0 Å². The Balaban J connectivity index is 2.53. The third kappa shape index (κ3) is 1.79. The number of pyridine rings is 1. The van der Waals surface area contributed by atoms with Gasteiger partial charge in [0.1, 0.15) is 0 Å². The second kappa shape index (κ2) is 3.53. The van der Waals surface area contributed by atoms with Crippen molar-refractivity contribution >= 4 is 11.1 Å². The van der Waals surface area contributed by atoms with Gasteiger partial charge in [-0.1, -0.05) is 5.16 Å². The van der Waals surface area contributed by atoms with Gasteiger partial charge in [0.2, 0.25) is 5.88 Å². The molecule has 2 aromatic heterocycles. The van der Waals surface area contributed by atoms with E-state index in [0.29, 0.717) is 11.6 Å². The van der Waals surface area contributed by atoms with E-state index in [-0.39, 0.29) is 6.10 Å². The zero-order valence-electron chi connectivity index (χ0n) is 9.37. The van der Waals surface area contributed by atoms with Crippen LogP contribution in [0.2, 0.25) is 0 Å². The maximum atomic E-state index is 5.51. The molecule has 80 valence electrons. The van der Waals surface area contributed by atoms with Gasteiger partial charge >= 0.3 is 0 Å². The van der Waals surface area contributed by atoms with Crippen molar-refractivity contribution in [2.45, 2.75) is 33.8 Å². The lowest BCUT2D eigenvalue weighted by atomic mass is 10.2. The molecule has 2 heterocycles. The molecule has 0 aromatic carbocycles. The van der Waals surface area contributed by atoms with Crippen LogP contribution in [0.5, 0.6) is 5.88 Å². The molecule has 0 spiro atoms. The van der Waals surface area contributed by atoms with Gasteiger partial charge in [0, 0.05) is 6.07 Å². The molecule has 0 aliphatic carbocycles. The minimum atomic E-state index is 0.110. The standard InChI is InChI=1S/C11H14N2O2/c1-6(2)14-9-5-7(3)10-8(4)13-15-11(10)12-9/h5-6H,1-4H3. The lowest BCUT2D eigenvalue weighted by molar-refractivity contribution is 0.232. The topological polar surface area (TPSA) is 48.2 Å². The number of nitrogens with zero attached hydrogens (tertiary/aromatic N) is 2. The van der Waals surface area contributed by atoms with E-state index in [1.807, 2.05) is 33.8 Å². The van der Waals surface area contributed by atoms with Crippen LogP contribution in [-0.2, 0) is 0 Å². The van der Waals surface area contributed by atoms with Crippen LogP contribution in [-0.4, -0.2) is 16.2 Å². The van der Waals surface area contributed by atoms with Gasteiger partial charge in [0.15, 0.2) is 0 Å². The normalized spacial score (nSPS) is 11.3. The van der Waals surface area contributed by atoms with Gasteiger partial charge in [0.05, 0.1) is 17.2 Å². The Hall–Kier alpha value is -1.58. The minimum absolute atomic E-state index is 0.110. The van der Waals surface area contributed by atoms with E-state index in [1.165, 1.54) is 0 Å². The van der Waals surface area contributed by atoms with Crippen LogP contribution in [0.3, 0.4) is 0 Å². The molecule has 0 bridgehead atoms. The number of aryl methyl sites for hydroxylation is 2. The maximum Gasteiger partial charge on any atom is 0.261 e. The summed E-state index contributed by atoms with van der Waals surface area (Å²) in [4.78, 5) is 4.25. The number of fused-ring (bicyclic) bond motifs is 1. The zero-order chi connectivity index (χ0) is 11.0. The molecule has 2 rings (SSSR count). The van der Waals surface area contributed by atoms with Crippen molar-refractivity contribution in [2.24, 2.45) is 0 Å². The first-order valence-electron chi connectivity index (χ1n) is 4.98. The quantitative estimate of drug-likeness (QED) is 0.757. The van der Waals surface area contributed by atoms with Gasteiger partial charge in [-0.15, -0.1) is 0 Å². The first kappa shape index (κ1) is 9.96. The third-order valence-electron chi connectivity index (χ3n) is 2.15. The average molecular weight is 206 g/mol. The average Bonchev–Trinajstić information content (AvgIpc) is 2.46. The van der Waals surface area contributed by atoms with Gasteiger partial charge in [-0.25, -0.2) is 0 Å². The molecule has 0 aliphatic rings. The number of rotatable bonds is 2. The smallest absolute Gasteiger partial charge is 0.261 e. The summed E-state index contributed by atoms with van der Waals surface area (Å²) in [5.74, 6) is 0.589. The van der Waals surface area contributed by atoms with Crippen LogP contribution in [0.15, 0.2) is 10.6 Å². The summed E-state index contributed by atoms with van der Waals surface area (Å²) in [6.07, 6.45) is 0.110. The van der Waals surface area contributed by atoms with Crippen LogP contribution in [0.1, 0.15) is 25.1 Å². The summed E-state index contributed by atoms with van der Waals surface area (Å²) in [7, 11) is 0. The highest BCUT2D eigenvalue weighted by molar-refractivity contribution is 5.80. The Kier molecular flexibility index (Phi) is 2.34. The fourth-order valence-corrected chi connectivity index (χ4v) is 1.58. The van der Waals surface area contributed by atoms with Gasteiger partial charge < -0.3 is 9.26 Å². The van der Waals surface area contributed by atoms with E-state index < -0.39 is 0 Å².